The molecule has 0 fully saturated rings. The van der Waals surface area contributed by atoms with E-state index in [0.29, 0.717) is 0 Å². The summed E-state index contributed by atoms with van der Waals surface area (Å²) in [7, 11) is -9.63. The van der Waals surface area contributed by atoms with E-state index < -0.39 is 97.5 Å². The maximum absolute atomic E-state index is 12.0. The molecule has 0 aliphatic heterocycles. The molecule has 2 unspecified atom stereocenters. The maximum atomic E-state index is 12.0. The standard InChI is InChI=1S/C18H32O17P2.C3H8/c1-5-18(23)29-9-17(35-14(4)21)11-33-37(26,27)31-7-15(22)6-30-36(24,25)32-10-16(34-13(3)20)8-28-12(2)19;1-3-2/h15-17,22H,5-11H2,1-4H3,(H,24,25)(H,26,27);3H2,1-2H3/t15-,16-,17-;/m1./s1. The van der Waals surface area contributed by atoms with Gasteiger partial charge in [-0.25, -0.2) is 9.13 Å². The first-order valence-electron chi connectivity index (χ1n) is 12.0. The fraction of sp³-hybridized carbons (Fsp3) is 0.810. The topological polar surface area (TPSA) is 237 Å². The van der Waals surface area contributed by atoms with Crippen molar-refractivity contribution in [3.05, 3.63) is 0 Å². The number of hydrogen-bond acceptors (Lipinski definition) is 15. The molecule has 19 heteroatoms. The number of hydrogen-bond donors (Lipinski definition) is 3. The lowest BCUT2D eigenvalue weighted by Gasteiger charge is -2.21. The summed E-state index contributed by atoms with van der Waals surface area (Å²) in [6, 6.07) is 0. The molecule has 0 heterocycles. The molecule has 17 nitrogen and oxygen atoms in total. The van der Waals surface area contributed by atoms with Gasteiger partial charge in [0.1, 0.15) is 19.3 Å². The molecular formula is C21H40O17P2. The number of aliphatic hydroxyl groups is 1. The minimum absolute atomic E-state index is 0.0437. The first-order chi connectivity index (χ1) is 18.5. The highest BCUT2D eigenvalue weighted by molar-refractivity contribution is 7.47. The fourth-order valence-corrected chi connectivity index (χ4v) is 3.62. The molecule has 0 spiro atoms. The van der Waals surface area contributed by atoms with Crippen LogP contribution in [0.1, 0.15) is 54.4 Å². The Balaban J connectivity index is 0. The van der Waals surface area contributed by atoms with Crippen LogP contribution in [0.25, 0.3) is 0 Å². The van der Waals surface area contributed by atoms with Gasteiger partial charge in [-0.1, -0.05) is 27.2 Å². The van der Waals surface area contributed by atoms with Gasteiger partial charge < -0.3 is 33.8 Å². The summed E-state index contributed by atoms with van der Waals surface area (Å²) >= 11 is 0. The van der Waals surface area contributed by atoms with Crippen LogP contribution in [0.15, 0.2) is 0 Å². The molecule has 236 valence electrons. The smallest absolute Gasteiger partial charge is 0.462 e. The molecule has 0 aliphatic rings. The molecule has 5 atom stereocenters. The van der Waals surface area contributed by atoms with Crippen molar-refractivity contribution < 1.29 is 80.2 Å². The van der Waals surface area contributed by atoms with E-state index in [0.717, 1.165) is 20.8 Å². The lowest BCUT2D eigenvalue weighted by Crippen LogP contribution is -2.29. The molecule has 0 aromatic rings. The maximum Gasteiger partial charge on any atom is 0.472 e. The van der Waals surface area contributed by atoms with E-state index in [9.17, 15) is 43.2 Å². The zero-order chi connectivity index (χ0) is 31.4. The zero-order valence-corrected chi connectivity index (χ0v) is 25.1. The van der Waals surface area contributed by atoms with Crippen LogP contribution in [0.5, 0.6) is 0 Å². The first-order valence-corrected chi connectivity index (χ1v) is 15.0. The second kappa shape index (κ2) is 21.8. The van der Waals surface area contributed by atoms with Crippen molar-refractivity contribution in [2.24, 2.45) is 0 Å². The van der Waals surface area contributed by atoms with Gasteiger partial charge in [0, 0.05) is 27.2 Å². The Kier molecular flexibility index (Phi) is 21.9. The highest BCUT2D eigenvalue weighted by Gasteiger charge is 2.29. The van der Waals surface area contributed by atoms with Crippen molar-refractivity contribution in [1.82, 2.24) is 0 Å². The lowest BCUT2D eigenvalue weighted by molar-refractivity contribution is -0.159. The van der Waals surface area contributed by atoms with Crippen LogP contribution in [-0.4, -0.2) is 96.7 Å². The summed E-state index contributed by atoms with van der Waals surface area (Å²) in [6.45, 7) is 4.85. The summed E-state index contributed by atoms with van der Waals surface area (Å²) in [5.41, 5.74) is 0. The van der Waals surface area contributed by atoms with Crippen molar-refractivity contribution in [3.63, 3.8) is 0 Å². The van der Waals surface area contributed by atoms with Gasteiger partial charge in [0.2, 0.25) is 0 Å². The monoisotopic (exact) mass is 626 g/mol. The fourth-order valence-electron chi connectivity index (χ4n) is 2.04. The van der Waals surface area contributed by atoms with Gasteiger partial charge >= 0.3 is 39.5 Å². The van der Waals surface area contributed by atoms with Gasteiger partial charge in [0.25, 0.3) is 0 Å². The molecule has 0 rings (SSSR count). The van der Waals surface area contributed by atoms with E-state index in [1.54, 1.807) is 0 Å². The number of phosphoric acid groups is 2. The summed E-state index contributed by atoms with van der Waals surface area (Å²) < 4.78 is 61.3. The van der Waals surface area contributed by atoms with Gasteiger partial charge in [0.15, 0.2) is 12.2 Å². The third kappa shape index (κ3) is 25.1. The first kappa shape index (κ1) is 40.2. The number of esters is 4. The van der Waals surface area contributed by atoms with Crippen LogP contribution in [-0.2, 0) is 65.4 Å². The van der Waals surface area contributed by atoms with E-state index in [2.05, 4.69) is 36.7 Å². The van der Waals surface area contributed by atoms with Gasteiger partial charge in [-0.3, -0.25) is 37.3 Å². The highest BCUT2D eigenvalue weighted by atomic mass is 31.2. The number of aliphatic hydroxyl groups excluding tert-OH is 1. The number of rotatable bonds is 19. The second-order valence-corrected chi connectivity index (χ2v) is 10.7. The van der Waals surface area contributed by atoms with Crippen LogP contribution in [0.3, 0.4) is 0 Å². The third-order valence-corrected chi connectivity index (χ3v) is 5.47. The molecule has 0 bridgehead atoms. The van der Waals surface area contributed by atoms with Gasteiger partial charge in [-0.05, 0) is 0 Å². The summed E-state index contributed by atoms with van der Waals surface area (Å²) in [6.07, 6.45) is -2.87. The molecule has 0 aromatic carbocycles. The van der Waals surface area contributed by atoms with E-state index in [1.165, 1.54) is 13.3 Å². The number of carbonyl (C=O) groups excluding carboxylic acids is 4. The van der Waals surface area contributed by atoms with Gasteiger partial charge in [0.05, 0.1) is 26.4 Å². The van der Waals surface area contributed by atoms with E-state index in [-0.39, 0.29) is 6.42 Å². The Morgan fingerprint density at radius 3 is 1.30 bits per heavy atom. The molecular weight excluding hydrogens is 586 g/mol. The number of phosphoric ester groups is 2. The quantitative estimate of drug-likeness (QED) is 0.104. The highest BCUT2D eigenvalue weighted by Crippen LogP contribution is 2.45. The molecule has 0 aliphatic carbocycles. The summed E-state index contributed by atoms with van der Waals surface area (Å²) in [4.78, 5) is 63.7. The molecule has 0 saturated heterocycles. The SMILES string of the molecule is CCC.CCC(=O)OC[C@H](COP(=O)(O)OC[C@H](O)COP(=O)(O)OC[C@@H](COC(C)=O)OC(C)=O)OC(C)=O. The van der Waals surface area contributed by atoms with Crippen molar-refractivity contribution in [1.29, 1.82) is 0 Å². The van der Waals surface area contributed by atoms with Crippen molar-refractivity contribution in [2.45, 2.75) is 72.7 Å². The van der Waals surface area contributed by atoms with E-state index in [4.69, 9.17) is 14.2 Å². The van der Waals surface area contributed by atoms with Crippen LogP contribution in [0.2, 0.25) is 0 Å². The summed E-state index contributed by atoms with van der Waals surface area (Å²) in [5.74, 6) is -2.86. The molecule has 3 N–H and O–H groups in total. The normalized spacial score (nSPS) is 16.0. The Hall–Kier alpha value is -1.94. The molecule has 0 radical (unpaired) electrons. The molecule has 0 aromatic heterocycles. The Morgan fingerprint density at radius 1 is 0.625 bits per heavy atom. The third-order valence-electron chi connectivity index (χ3n) is 3.56. The van der Waals surface area contributed by atoms with Crippen LogP contribution >= 0.6 is 15.6 Å². The largest absolute Gasteiger partial charge is 0.472 e. The molecule has 0 saturated carbocycles. The number of ether oxygens (including phenoxy) is 4. The Labute approximate surface area is 232 Å². The van der Waals surface area contributed by atoms with Crippen LogP contribution < -0.4 is 0 Å². The zero-order valence-electron chi connectivity index (χ0n) is 23.3. The van der Waals surface area contributed by atoms with Crippen LogP contribution in [0, 0.1) is 0 Å². The lowest BCUT2D eigenvalue weighted by atomic mass is 10.4. The average molecular weight is 626 g/mol. The predicted molar refractivity (Wildman–Crippen MR) is 134 cm³/mol. The Bertz CT molecular complexity index is 864. The average Bonchev–Trinajstić information content (AvgIpc) is 2.84. The van der Waals surface area contributed by atoms with Crippen LogP contribution in [0.4, 0.5) is 0 Å². The Morgan fingerprint density at radius 2 is 0.975 bits per heavy atom. The molecule has 0 amide bonds. The number of carbonyl (C=O) groups is 4. The van der Waals surface area contributed by atoms with E-state index >= 15 is 0 Å². The summed E-state index contributed by atoms with van der Waals surface area (Å²) in [5, 5.41) is 9.81. The van der Waals surface area contributed by atoms with Gasteiger partial charge in [-0.2, -0.15) is 0 Å². The van der Waals surface area contributed by atoms with Gasteiger partial charge in [-0.15, -0.1) is 0 Å². The van der Waals surface area contributed by atoms with Crippen molar-refractivity contribution in [3.8, 4) is 0 Å². The van der Waals surface area contributed by atoms with E-state index in [1.807, 2.05) is 0 Å². The second-order valence-electron chi connectivity index (χ2n) is 7.78. The van der Waals surface area contributed by atoms with Crippen molar-refractivity contribution >= 4 is 39.5 Å². The predicted octanol–water partition coefficient (Wildman–Crippen LogP) is 1.41. The van der Waals surface area contributed by atoms with Crippen molar-refractivity contribution in [2.75, 3.05) is 39.6 Å². The molecule has 40 heavy (non-hydrogen) atoms. The minimum atomic E-state index is -4.82. The minimum Gasteiger partial charge on any atom is -0.462 e.